The standard InChI is InChI=1S/C24H30BrF3N4OSi/c1-14(30-22-17-11-20(25)29-12-19(17)31-15(2)32-22)16-9-8-10-18(21(16)26)24(27,28)13-33-34(6,7)23(3,4)5/h8-12,14H,13H2,1-7H3,(H,30,31,32)/t14-/m1/s1/i13D2. The van der Waals surface area contributed by atoms with Crippen molar-refractivity contribution in [3.63, 3.8) is 0 Å². The number of alkyl halides is 2. The number of halogens is 4. The van der Waals surface area contributed by atoms with Crippen LogP contribution in [-0.2, 0) is 10.3 Å². The van der Waals surface area contributed by atoms with Gasteiger partial charge in [-0.3, -0.25) is 0 Å². The zero-order valence-electron chi connectivity index (χ0n) is 22.2. The van der Waals surface area contributed by atoms with E-state index >= 15 is 13.2 Å². The van der Waals surface area contributed by atoms with Gasteiger partial charge in [-0.05, 0) is 60.0 Å². The first-order valence-electron chi connectivity index (χ1n) is 11.8. The van der Waals surface area contributed by atoms with Crippen LogP contribution >= 0.6 is 15.9 Å². The Morgan fingerprint density at radius 1 is 1.24 bits per heavy atom. The minimum Gasteiger partial charge on any atom is -0.410 e. The molecule has 34 heavy (non-hydrogen) atoms. The molecule has 1 aromatic carbocycles. The number of hydrogen-bond donors (Lipinski definition) is 1. The summed E-state index contributed by atoms with van der Waals surface area (Å²) in [6, 6.07) is 4.48. The Morgan fingerprint density at radius 2 is 1.91 bits per heavy atom. The molecule has 10 heteroatoms. The Bertz CT molecular complexity index is 1290. The number of pyridine rings is 1. The number of nitrogens with one attached hydrogen (secondary N) is 1. The van der Waals surface area contributed by atoms with Gasteiger partial charge in [-0.15, -0.1) is 0 Å². The van der Waals surface area contributed by atoms with E-state index in [4.69, 9.17) is 7.17 Å². The summed E-state index contributed by atoms with van der Waals surface area (Å²) in [7, 11) is -2.94. The van der Waals surface area contributed by atoms with E-state index < -0.39 is 43.3 Å². The number of nitrogens with zero attached hydrogens (tertiary/aromatic N) is 3. The van der Waals surface area contributed by atoms with Crippen molar-refractivity contribution in [3.05, 3.63) is 57.8 Å². The summed E-state index contributed by atoms with van der Waals surface area (Å²) >= 11 is 3.31. The van der Waals surface area contributed by atoms with Crippen molar-refractivity contribution >= 4 is 41.0 Å². The first-order chi connectivity index (χ1) is 16.4. The van der Waals surface area contributed by atoms with E-state index in [1.165, 1.54) is 12.1 Å². The highest BCUT2D eigenvalue weighted by molar-refractivity contribution is 9.10. The van der Waals surface area contributed by atoms with Crippen LogP contribution in [0, 0.1) is 12.7 Å². The Kier molecular flexibility index (Phi) is 6.65. The van der Waals surface area contributed by atoms with Gasteiger partial charge in [0.2, 0.25) is 0 Å². The lowest BCUT2D eigenvalue weighted by molar-refractivity contribution is -0.0536. The van der Waals surface area contributed by atoms with Crippen molar-refractivity contribution in [1.82, 2.24) is 15.0 Å². The summed E-state index contributed by atoms with van der Waals surface area (Å²) in [5.74, 6) is -4.60. The van der Waals surface area contributed by atoms with Crippen molar-refractivity contribution in [2.24, 2.45) is 0 Å². The van der Waals surface area contributed by atoms with Gasteiger partial charge in [-0.2, -0.15) is 8.78 Å². The van der Waals surface area contributed by atoms with Gasteiger partial charge in [0.05, 0.1) is 26.1 Å². The monoisotopic (exact) mass is 556 g/mol. The summed E-state index contributed by atoms with van der Waals surface area (Å²) in [6.45, 7) is 8.68. The Morgan fingerprint density at radius 3 is 2.56 bits per heavy atom. The van der Waals surface area contributed by atoms with Crippen molar-refractivity contribution in [2.45, 2.75) is 64.7 Å². The molecule has 2 aromatic heterocycles. The van der Waals surface area contributed by atoms with Gasteiger partial charge >= 0.3 is 0 Å². The number of hydrogen-bond acceptors (Lipinski definition) is 5. The number of aryl methyl sites for hydroxylation is 1. The molecule has 0 aliphatic heterocycles. The molecule has 0 aliphatic carbocycles. The smallest absolute Gasteiger partial charge is 0.297 e. The Labute approximate surface area is 210 Å². The number of fused-ring (bicyclic) bond motifs is 1. The van der Waals surface area contributed by atoms with Gasteiger partial charge in [-0.25, -0.2) is 19.3 Å². The number of benzene rings is 1. The van der Waals surface area contributed by atoms with Gasteiger partial charge in [0, 0.05) is 10.9 Å². The van der Waals surface area contributed by atoms with Crippen LogP contribution in [0.15, 0.2) is 35.1 Å². The predicted octanol–water partition coefficient (Wildman–Crippen LogP) is 7.52. The number of anilines is 1. The van der Waals surface area contributed by atoms with Crippen molar-refractivity contribution in [3.8, 4) is 0 Å². The lowest BCUT2D eigenvalue weighted by Gasteiger charge is -2.37. The van der Waals surface area contributed by atoms with Gasteiger partial charge in [-0.1, -0.05) is 32.9 Å². The highest BCUT2D eigenvalue weighted by atomic mass is 79.9. The maximum Gasteiger partial charge on any atom is 0.297 e. The Hall–Kier alpha value is -2.04. The van der Waals surface area contributed by atoms with E-state index in [9.17, 15) is 0 Å². The third kappa shape index (κ3) is 5.60. The average molecular weight is 558 g/mol. The second-order valence-electron chi connectivity index (χ2n) is 9.76. The summed E-state index contributed by atoms with van der Waals surface area (Å²) in [5, 5.41) is 3.19. The molecule has 0 spiro atoms. The molecule has 0 aliphatic rings. The molecular formula is C24H30BrF3N4OSi. The van der Waals surface area contributed by atoms with Gasteiger partial charge < -0.3 is 9.74 Å². The van der Waals surface area contributed by atoms with Crippen LogP contribution in [0.4, 0.5) is 19.0 Å². The van der Waals surface area contributed by atoms with Crippen LogP contribution in [0.2, 0.25) is 18.1 Å². The van der Waals surface area contributed by atoms with E-state index in [2.05, 4.69) is 36.2 Å². The van der Waals surface area contributed by atoms with E-state index in [1.807, 2.05) is 20.8 Å². The largest absolute Gasteiger partial charge is 0.410 e. The lowest BCUT2D eigenvalue weighted by Crippen LogP contribution is -2.43. The molecule has 0 amide bonds. The van der Waals surface area contributed by atoms with Crippen LogP contribution < -0.4 is 5.32 Å². The maximum absolute atomic E-state index is 15.6. The summed E-state index contributed by atoms with van der Waals surface area (Å²) in [5.41, 5.74) is -0.557. The van der Waals surface area contributed by atoms with Gasteiger partial charge in [0.15, 0.2) is 8.32 Å². The zero-order valence-corrected chi connectivity index (χ0v) is 22.8. The molecule has 0 fully saturated rings. The molecule has 0 unspecified atom stereocenters. The van der Waals surface area contributed by atoms with Crippen LogP contribution in [0.1, 0.15) is 53.4 Å². The van der Waals surface area contributed by atoms with Crippen LogP contribution in [0.5, 0.6) is 0 Å². The van der Waals surface area contributed by atoms with E-state index in [0.29, 0.717) is 27.1 Å². The van der Waals surface area contributed by atoms with Crippen molar-refractivity contribution in [2.75, 3.05) is 11.9 Å². The SMILES string of the molecule is [2H]C([2H])(O[Si](C)(C)C(C)(C)C)C(F)(F)c1cccc([C@@H](C)Nc2nc(C)nc3cnc(Br)cc23)c1F. The maximum atomic E-state index is 15.6. The predicted molar refractivity (Wildman–Crippen MR) is 135 cm³/mol. The highest BCUT2D eigenvalue weighted by Gasteiger charge is 2.43. The fourth-order valence-corrected chi connectivity index (χ4v) is 4.06. The van der Waals surface area contributed by atoms with Gasteiger partial charge in [0.25, 0.3) is 5.92 Å². The van der Waals surface area contributed by atoms with Crippen LogP contribution in [0.3, 0.4) is 0 Å². The summed E-state index contributed by atoms with van der Waals surface area (Å²) in [6.07, 6.45) is 1.57. The molecule has 3 aromatic rings. The lowest BCUT2D eigenvalue weighted by atomic mass is 10.00. The average Bonchev–Trinajstić information content (AvgIpc) is 2.72. The molecule has 0 bridgehead atoms. The molecular weight excluding hydrogens is 525 g/mol. The highest BCUT2D eigenvalue weighted by Crippen LogP contribution is 2.40. The number of rotatable bonds is 7. The number of aromatic nitrogens is 3. The van der Waals surface area contributed by atoms with E-state index in [1.54, 1.807) is 39.2 Å². The third-order valence-electron chi connectivity index (χ3n) is 6.09. The normalized spacial score (nSPS) is 15.1. The van der Waals surface area contributed by atoms with Gasteiger partial charge in [0.1, 0.15) is 28.6 Å². The van der Waals surface area contributed by atoms with Crippen LogP contribution in [-0.4, -0.2) is 29.8 Å². The first kappa shape index (κ1) is 23.7. The summed E-state index contributed by atoms with van der Waals surface area (Å²) < 4.78 is 68.8. The molecule has 1 N–H and O–H groups in total. The molecule has 2 heterocycles. The summed E-state index contributed by atoms with van der Waals surface area (Å²) in [4.78, 5) is 12.9. The molecule has 184 valence electrons. The fraction of sp³-hybridized carbons (Fsp3) is 0.458. The zero-order chi connectivity index (χ0) is 27.3. The molecule has 0 saturated carbocycles. The first-order valence-corrected chi connectivity index (χ1v) is 14.5. The second-order valence-corrected chi connectivity index (χ2v) is 15.3. The molecule has 3 rings (SSSR count). The minimum absolute atomic E-state index is 0.0622. The third-order valence-corrected chi connectivity index (χ3v) is 10.7. The molecule has 5 nitrogen and oxygen atoms in total. The molecule has 0 radical (unpaired) electrons. The second kappa shape index (κ2) is 9.54. The quantitative estimate of drug-likeness (QED) is 0.241. The Balaban J connectivity index is 1.99. The minimum atomic E-state index is -4.24. The topological polar surface area (TPSA) is 59.9 Å². The molecule has 0 saturated heterocycles. The fourth-order valence-electron chi connectivity index (χ4n) is 3.04. The van der Waals surface area contributed by atoms with E-state index in [0.717, 1.165) is 6.07 Å². The molecule has 1 atom stereocenters. The van der Waals surface area contributed by atoms with E-state index in [-0.39, 0.29) is 5.56 Å². The van der Waals surface area contributed by atoms with Crippen LogP contribution in [0.25, 0.3) is 10.9 Å². The van der Waals surface area contributed by atoms with Crippen molar-refractivity contribution < 1.29 is 20.3 Å². The van der Waals surface area contributed by atoms with Crippen molar-refractivity contribution in [1.29, 1.82) is 0 Å².